The van der Waals surface area contributed by atoms with E-state index in [1.807, 2.05) is 26.2 Å². The summed E-state index contributed by atoms with van der Waals surface area (Å²) in [6.45, 7) is 6.01. The van der Waals surface area contributed by atoms with Crippen molar-refractivity contribution in [3.05, 3.63) is 46.7 Å². The number of aryl methyl sites for hydroxylation is 3. The molecule has 3 rings (SSSR count). The minimum absolute atomic E-state index is 0.158. The SMILES string of the molecule is Cc1nc(C)c2c(n1)O[C@@H](Cc1ccncc1C)C2. The molecule has 2 aromatic heterocycles. The monoisotopic (exact) mass is 255 g/mol. The summed E-state index contributed by atoms with van der Waals surface area (Å²) < 4.78 is 5.96. The zero-order valence-electron chi connectivity index (χ0n) is 11.5. The molecule has 1 aliphatic heterocycles. The Morgan fingerprint density at radius 3 is 2.89 bits per heavy atom. The zero-order valence-corrected chi connectivity index (χ0v) is 11.5. The van der Waals surface area contributed by atoms with Gasteiger partial charge in [0.2, 0.25) is 5.88 Å². The second kappa shape index (κ2) is 4.61. The molecule has 98 valence electrons. The van der Waals surface area contributed by atoms with Crippen molar-refractivity contribution in [3.8, 4) is 5.88 Å². The molecule has 4 nitrogen and oxygen atoms in total. The van der Waals surface area contributed by atoms with Gasteiger partial charge in [-0.3, -0.25) is 4.98 Å². The molecule has 0 N–H and O–H groups in total. The van der Waals surface area contributed by atoms with Crippen LogP contribution in [0.15, 0.2) is 18.5 Å². The molecule has 1 atom stereocenters. The van der Waals surface area contributed by atoms with Gasteiger partial charge in [0, 0.05) is 36.5 Å². The van der Waals surface area contributed by atoms with Crippen molar-refractivity contribution >= 4 is 0 Å². The highest BCUT2D eigenvalue weighted by Gasteiger charge is 2.27. The van der Waals surface area contributed by atoms with Crippen LogP contribution in [0.5, 0.6) is 5.88 Å². The van der Waals surface area contributed by atoms with Gasteiger partial charge >= 0.3 is 0 Å². The van der Waals surface area contributed by atoms with Crippen LogP contribution >= 0.6 is 0 Å². The van der Waals surface area contributed by atoms with Crippen LogP contribution in [0.3, 0.4) is 0 Å². The van der Waals surface area contributed by atoms with Crippen molar-refractivity contribution in [2.45, 2.75) is 39.7 Å². The van der Waals surface area contributed by atoms with Crippen LogP contribution in [0.2, 0.25) is 0 Å². The van der Waals surface area contributed by atoms with E-state index in [9.17, 15) is 0 Å². The smallest absolute Gasteiger partial charge is 0.220 e. The number of ether oxygens (including phenoxy) is 1. The van der Waals surface area contributed by atoms with Crippen LogP contribution in [0.4, 0.5) is 0 Å². The number of nitrogens with zero attached hydrogens (tertiary/aromatic N) is 3. The molecule has 3 heterocycles. The third-order valence-electron chi connectivity index (χ3n) is 3.58. The Bertz CT molecular complexity index is 625. The van der Waals surface area contributed by atoms with E-state index >= 15 is 0 Å². The summed E-state index contributed by atoms with van der Waals surface area (Å²) in [5.74, 6) is 1.54. The van der Waals surface area contributed by atoms with E-state index in [0.29, 0.717) is 0 Å². The van der Waals surface area contributed by atoms with Crippen molar-refractivity contribution in [1.82, 2.24) is 15.0 Å². The lowest BCUT2D eigenvalue weighted by Crippen LogP contribution is -2.17. The first-order valence-corrected chi connectivity index (χ1v) is 6.53. The molecule has 0 unspecified atom stereocenters. The van der Waals surface area contributed by atoms with Crippen molar-refractivity contribution < 1.29 is 4.74 Å². The number of hydrogen-bond donors (Lipinski definition) is 0. The van der Waals surface area contributed by atoms with E-state index in [2.05, 4.69) is 27.9 Å². The third kappa shape index (κ3) is 2.30. The lowest BCUT2D eigenvalue weighted by atomic mass is 10.0. The Kier molecular flexibility index (Phi) is 2.93. The van der Waals surface area contributed by atoms with E-state index in [-0.39, 0.29) is 6.10 Å². The van der Waals surface area contributed by atoms with Gasteiger partial charge in [-0.25, -0.2) is 4.98 Å². The maximum atomic E-state index is 5.96. The van der Waals surface area contributed by atoms with Crippen LogP contribution in [0, 0.1) is 20.8 Å². The molecule has 0 bridgehead atoms. The summed E-state index contributed by atoms with van der Waals surface area (Å²) in [5.41, 5.74) is 4.69. The number of rotatable bonds is 2. The predicted octanol–water partition coefficient (Wildman–Crippen LogP) is 2.34. The lowest BCUT2D eigenvalue weighted by molar-refractivity contribution is 0.225. The molecule has 0 amide bonds. The van der Waals surface area contributed by atoms with Crippen molar-refractivity contribution in [1.29, 1.82) is 0 Å². The van der Waals surface area contributed by atoms with Crippen molar-refractivity contribution in [2.75, 3.05) is 0 Å². The summed E-state index contributed by atoms with van der Waals surface area (Å²) in [6.07, 6.45) is 5.67. The van der Waals surface area contributed by atoms with Gasteiger partial charge in [0.1, 0.15) is 11.9 Å². The Balaban J connectivity index is 1.81. The molecule has 4 heteroatoms. The van der Waals surface area contributed by atoms with E-state index in [0.717, 1.165) is 35.8 Å². The molecule has 0 radical (unpaired) electrons. The van der Waals surface area contributed by atoms with Crippen LogP contribution in [-0.2, 0) is 12.8 Å². The Morgan fingerprint density at radius 1 is 1.26 bits per heavy atom. The first-order valence-electron chi connectivity index (χ1n) is 6.53. The van der Waals surface area contributed by atoms with E-state index in [1.54, 1.807) is 0 Å². The first kappa shape index (κ1) is 12.1. The lowest BCUT2D eigenvalue weighted by Gasteiger charge is -2.11. The Hall–Kier alpha value is -1.97. The van der Waals surface area contributed by atoms with Gasteiger partial charge in [-0.1, -0.05) is 0 Å². The standard InChI is InChI=1S/C15H17N3O/c1-9-8-16-5-4-12(9)6-13-7-14-10(2)17-11(3)18-15(14)19-13/h4-5,8,13H,6-7H2,1-3H3/t13-/m0/s1. The summed E-state index contributed by atoms with van der Waals surface area (Å²) in [5, 5.41) is 0. The zero-order chi connectivity index (χ0) is 13.4. The molecule has 1 aliphatic rings. The highest BCUT2D eigenvalue weighted by atomic mass is 16.5. The van der Waals surface area contributed by atoms with Crippen LogP contribution in [-0.4, -0.2) is 21.1 Å². The van der Waals surface area contributed by atoms with Gasteiger partial charge < -0.3 is 4.74 Å². The number of fused-ring (bicyclic) bond motifs is 1. The fourth-order valence-electron chi connectivity index (χ4n) is 2.55. The topological polar surface area (TPSA) is 47.9 Å². The minimum atomic E-state index is 0.158. The highest BCUT2D eigenvalue weighted by Crippen LogP contribution is 2.30. The fourth-order valence-corrected chi connectivity index (χ4v) is 2.55. The summed E-state index contributed by atoms with van der Waals surface area (Å²) in [7, 11) is 0. The van der Waals surface area contributed by atoms with Crippen molar-refractivity contribution in [3.63, 3.8) is 0 Å². The normalized spacial score (nSPS) is 17.1. The van der Waals surface area contributed by atoms with Crippen LogP contribution < -0.4 is 4.74 Å². The highest BCUT2D eigenvalue weighted by molar-refractivity contribution is 5.35. The van der Waals surface area contributed by atoms with Gasteiger partial charge in [0.15, 0.2) is 0 Å². The average Bonchev–Trinajstić information content (AvgIpc) is 2.75. The maximum Gasteiger partial charge on any atom is 0.220 e. The molecular weight excluding hydrogens is 238 g/mol. The quantitative estimate of drug-likeness (QED) is 0.826. The molecule has 2 aromatic rings. The largest absolute Gasteiger partial charge is 0.473 e. The number of aromatic nitrogens is 3. The molecule has 19 heavy (non-hydrogen) atoms. The minimum Gasteiger partial charge on any atom is -0.473 e. The maximum absolute atomic E-state index is 5.96. The van der Waals surface area contributed by atoms with E-state index in [1.165, 1.54) is 11.1 Å². The molecule has 0 saturated heterocycles. The molecular formula is C15H17N3O. The first-order chi connectivity index (χ1) is 9.13. The molecule has 0 saturated carbocycles. The summed E-state index contributed by atoms with van der Waals surface area (Å²) in [4.78, 5) is 12.9. The Labute approximate surface area is 112 Å². The molecule has 0 aliphatic carbocycles. The predicted molar refractivity (Wildman–Crippen MR) is 72.3 cm³/mol. The van der Waals surface area contributed by atoms with E-state index < -0.39 is 0 Å². The molecule has 0 fully saturated rings. The van der Waals surface area contributed by atoms with Gasteiger partial charge in [-0.15, -0.1) is 0 Å². The van der Waals surface area contributed by atoms with Crippen molar-refractivity contribution in [2.24, 2.45) is 0 Å². The van der Waals surface area contributed by atoms with Crippen LogP contribution in [0.1, 0.15) is 28.2 Å². The molecule has 0 spiro atoms. The average molecular weight is 255 g/mol. The number of hydrogen-bond acceptors (Lipinski definition) is 4. The van der Waals surface area contributed by atoms with Gasteiger partial charge in [-0.2, -0.15) is 4.98 Å². The third-order valence-corrected chi connectivity index (χ3v) is 3.58. The molecule has 0 aromatic carbocycles. The van der Waals surface area contributed by atoms with E-state index in [4.69, 9.17) is 4.74 Å². The second-order valence-electron chi connectivity index (χ2n) is 5.09. The van der Waals surface area contributed by atoms with Gasteiger partial charge in [0.05, 0.1) is 0 Å². The van der Waals surface area contributed by atoms with Gasteiger partial charge in [0.25, 0.3) is 0 Å². The number of pyridine rings is 1. The second-order valence-corrected chi connectivity index (χ2v) is 5.09. The summed E-state index contributed by atoms with van der Waals surface area (Å²) in [6, 6.07) is 2.06. The van der Waals surface area contributed by atoms with Gasteiger partial charge in [-0.05, 0) is 38.0 Å². The Morgan fingerprint density at radius 2 is 2.11 bits per heavy atom. The van der Waals surface area contributed by atoms with Crippen LogP contribution in [0.25, 0.3) is 0 Å². The summed E-state index contributed by atoms with van der Waals surface area (Å²) >= 11 is 0. The fraction of sp³-hybridized carbons (Fsp3) is 0.400.